The van der Waals surface area contributed by atoms with E-state index in [9.17, 15) is 9.59 Å². The van der Waals surface area contributed by atoms with E-state index in [1.165, 1.54) is 0 Å². The Morgan fingerprint density at radius 2 is 1.46 bits per heavy atom. The maximum absolute atomic E-state index is 13.6. The molecule has 0 spiro atoms. The molecule has 1 unspecified atom stereocenters. The van der Waals surface area contributed by atoms with Crippen molar-refractivity contribution in [1.29, 1.82) is 0 Å². The molecule has 0 saturated carbocycles. The van der Waals surface area contributed by atoms with E-state index in [0.717, 1.165) is 16.9 Å². The fourth-order valence-electron chi connectivity index (χ4n) is 4.49. The molecule has 10 heteroatoms. The van der Waals surface area contributed by atoms with Gasteiger partial charge in [-0.3, -0.25) is 4.79 Å². The molecule has 2 aromatic heterocycles. The molecule has 0 saturated heterocycles. The molecule has 0 aliphatic carbocycles. The lowest BCUT2D eigenvalue weighted by Gasteiger charge is -2.27. The zero-order chi connectivity index (χ0) is 33.1. The van der Waals surface area contributed by atoms with Crippen LogP contribution in [0.5, 0.6) is 11.5 Å². The highest BCUT2D eigenvalue weighted by Crippen LogP contribution is 2.30. The molecule has 2 heterocycles. The van der Waals surface area contributed by atoms with Crippen LogP contribution in [0.3, 0.4) is 0 Å². The van der Waals surface area contributed by atoms with Crippen LogP contribution in [-0.4, -0.2) is 50.3 Å². The van der Waals surface area contributed by atoms with Crippen LogP contribution in [0.1, 0.15) is 52.0 Å². The monoisotopic (exact) mass is 640 g/mol. The Morgan fingerprint density at radius 3 is 2.09 bits per heavy atom. The molecule has 0 bridgehead atoms. The Morgan fingerprint density at radius 1 is 0.826 bits per heavy atom. The number of aromatic nitrogens is 3. The molecule has 0 aliphatic rings. The van der Waals surface area contributed by atoms with Gasteiger partial charge in [0.1, 0.15) is 17.1 Å². The van der Waals surface area contributed by atoms with E-state index in [2.05, 4.69) is 10.4 Å². The van der Waals surface area contributed by atoms with Crippen LogP contribution >= 0.6 is 11.6 Å². The summed E-state index contributed by atoms with van der Waals surface area (Å²) in [7, 11) is 0. The summed E-state index contributed by atoms with van der Waals surface area (Å²) in [6.07, 6.45) is 0. The van der Waals surface area contributed by atoms with Gasteiger partial charge in [0.25, 0.3) is 5.91 Å². The molecule has 0 fully saturated rings. The SMILES string of the molecule is CC(C)(C)OCC(NC(=O)c1cc2nc(-c3ccc(Cl)cc3)cc(-c3ccc(Oc4ccccc4)cc3)n2n1)C(=O)OC(C)(C)C. The minimum atomic E-state index is -1.05. The third-order valence-electron chi connectivity index (χ3n) is 6.61. The number of carbonyl (C=O) groups is 2. The zero-order valence-corrected chi connectivity index (χ0v) is 27.5. The Labute approximate surface area is 273 Å². The van der Waals surface area contributed by atoms with Gasteiger partial charge in [0.2, 0.25) is 0 Å². The first-order valence-corrected chi connectivity index (χ1v) is 15.3. The summed E-state index contributed by atoms with van der Waals surface area (Å²) >= 11 is 6.15. The Hall–Kier alpha value is -4.73. The van der Waals surface area contributed by atoms with Gasteiger partial charge in [-0.25, -0.2) is 14.3 Å². The fraction of sp³-hybridized carbons (Fsp3) is 0.278. The van der Waals surface area contributed by atoms with Gasteiger partial charge in [-0.2, -0.15) is 5.10 Å². The largest absolute Gasteiger partial charge is 0.458 e. The molecule has 1 N–H and O–H groups in total. The van der Waals surface area contributed by atoms with E-state index in [1.807, 2.05) is 93.6 Å². The molecule has 3 aromatic carbocycles. The highest BCUT2D eigenvalue weighted by molar-refractivity contribution is 6.30. The first-order valence-electron chi connectivity index (χ1n) is 14.9. The van der Waals surface area contributed by atoms with Crippen LogP contribution in [-0.2, 0) is 14.3 Å². The zero-order valence-electron chi connectivity index (χ0n) is 26.7. The molecule has 5 rings (SSSR count). The summed E-state index contributed by atoms with van der Waals surface area (Å²) in [5.74, 6) is 0.233. The summed E-state index contributed by atoms with van der Waals surface area (Å²) in [5, 5.41) is 7.99. The third kappa shape index (κ3) is 8.50. The lowest BCUT2D eigenvalue weighted by molar-refractivity contribution is -0.160. The summed E-state index contributed by atoms with van der Waals surface area (Å²) in [4.78, 5) is 31.4. The number of amides is 1. The lowest BCUT2D eigenvalue weighted by atomic mass is 10.1. The number of para-hydroxylation sites is 1. The molecular formula is C36H37ClN4O5. The minimum absolute atomic E-state index is 0.0703. The number of nitrogens with one attached hydrogen (secondary N) is 1. The van der Waals surface area contributed by atoms with Crippen molar-refractivity contribution in [1.82, 2.24) is 19.9 Å². The lowest BCUT2D eigenvalue weighted by Crippen LogP contribution is -2.48. The average molecular weight is 641 g/mol. The molecule has 0 aliphatic heterocycles. The highest BCUT2D eigenvalue weighted by atomic mass is 35.5. The number of carbonyl (C=O) groups excluding carboxylic acids is 2. The molecule has 1 amide bonds. The Kier molecular flexibility index (Phi) is 9.46. The number of hydrogen-bond donors (Lipinski definition) is 1. The van der Waals surface area contributed by atoms with Crippen LogP contribution in [0, 0.1) is 0 Å². The minimum Gasteiger partial charge on any atom is -0.458 e. The second-order valence-electron chi connectivity index (χ2n) is 12.8. The van der Waals surface area contributed by atoms with Crippen LogP contribution in [0.25, 0.3) is 28.2 Å². The van der Waals surface area contributed by atoms with Crippen LogP contribution in [0.15, 0.2) is 91.0 Å². The van der Waals surface area contributed by atoms with E-state index < -0.39 is 29.1 Å². The van der Waals surface area contributed by atoms with Crippen molar-refractivity contribution >= 4 is 29.1 Å². The second-order valence-corrected chi connectivity index (χ2v) is 13.2. The van der Waals surface area contributed by atoms with Gasteiger partial charge in [-0.05, 0) is 96.1 Å². The van der Waals surface area contributed by atoms with E-state index in [4.69, 9.17) is 30.8 Å². The van der Waals surface area contributed by atoms with Crippen LogP contribution in [0.2, 0.25) is 5.02 Å². The molecule has 1 atom stereocenters. The van der Waals surface area contributed by atoms with Crippen molar-refractivity contribution < 1.29 is 23.8 Å². The van der Waals surface area contributed by atoms with Crippen LogP contribution in [0.4, 0.5) is 0 Å². The highest BCUT2D eigenvalue weighted by Gasteiger charge is 2.30. The van der Waals surface area contributed by atoms with Gasteiger partial charge >= 0.3 is 5.97 Å². The quantitative estimate of drug-likeness (QED) is 0.164. The number of fused-ring (bicyclic) bond motifs is 1. The molecule has 46 heavy (non-hydrogen) atoms. The summed E-state index contributed by atoms with van der Waals surface area (Å²) in [6, 6.07) is 26.9. The number of halogens is 1. The fourth-order valence-corrected chi connectivity index (χ4v) is 4.61. The van der Waals surface area contributed by atoms with Crippen molar-refractivity contribution in [3.8, 4) is 34.0 Å². The maximum Gasteiger partial charge on any atom is 0.331 e. The number of nitrogens with zero attached hydrogens (tertiary/aromatic N) is 3. The van der Waals surface area contributed by atoms with Gasteiger partial charge in [0.05, 0.1) is 23.6 Å². The summed E-state index contributed by atoms with van der Waals surface area (Å²) < 4.78 is 19.0. The predicted molar refractivity (Wildman–Crippen MR) is 178 cm³/mol. The molecule has 5 aromatic rings. The summed E-state index contributed by atoms with van der Waals surface area (Å²) in [5.41, 5.74) is 2.26. The maximum atomic E-state index is 13.6. The smallest absolute Gasteiger partial charge is 0.331 e. The number of hydrogen-bond acceptors (Lipinski definition) is 7. The first-order chi connectivity index (χ1) is 21.7. The van der Waals surface area contributed by atoms with Gasteiger partial charge in [-0.1, -0.05) is 41.9 Å². The van der Waals surface area contributed by atoms with Crippen molar-refractivity contribution in [2.75, 3.05) is 6.61 Å². The van der Waals surface area contributed by atoms with Crippen molar-refractivity contribution in [3.63, 3.8) is 0 Å². The van der Waals surface area contributed by atoms with Crippen LogP contribution < -0.4 is 10.1 Å². The third-order valence-corrected chi connectivity index (χ3v) is 6.86. The Bertz CT molecular complexity index is 1820. The van der Waals surface area contributed by atoms with Gasteiger partial charge in [0, 0.05) is 22.2 Å². The second kappa shape index (κ2) is 13.3. The Balaban J connectivity index is 1.50. The molecular weight excluding hydrogens is 604 g/mol. The molecule has 238 valence electrons. The van der Waals surface area contributed by atoms with E-state index in [0.29, 0.717) is 27.8 Å². The number of rotatable bonds is 9. The predicted octanol–water partition coefficient (Wildman–Crippen LogP) is 7.76. The number of benzene rings is 3. The van der Waals surface area contributed by atoms with Gasteiger partial charge in [-0.15, -0.1) is 0 Å². The molecule has 9 nitrogen and oxygen atoms in total. The standard InChI is InChI=1S/C36H37ClN4O5/c1-35(2,3)44-22-30(34(43)46-36(4,5)6)39-33(42)29-21-32-38-28(23-12-16-25(37)17-13-23)20-31(41(32)40-29)24-14-18-27(19-15-24)45-26-10-8-7-9-11-26/h7-21,30H,22H2,1-6H3,(H,39,42). The topological polar surface area (TPSA) is 104 Å². The number of ether oxygens (including phenoxy) is 3. The van der Waals surface area contributed by atoms with Gasteiger partial charge < -0.3 is 19.5 Å². The van der Waals surface area contributed by atoms with Crippen molar-refractivity contribution in [2.24, 2.45) is 0 Å². The normalized spacial score (nSPS) is 12.5. The average Bonchev–Trinajstić information content (AvgIpc) is 3.43. The summed E-state index contributed by atoms with van der Waals surface area (Å²) in [6.45, 7) is 10.8. The van der Waals surface area contributed by atoms with Crippen molar-refractivity contribution in [2.45, 2.75) is 58.8 Å². The van der Waals surface area contributed by atoms with E-state index >= 15 is 0 Å². The molecule has 0 radical (unpaired) electrons. The van der Waals surface area contributed by atoms with E-state index in [-0.39, 0.29) is 12.3 Å². The van der Waals surface area contributed by atoms with Crippen molar-refractivity contribution in [3.05, 3.63) is 102 Å². The van der Waals surface area contributed by atoms with Gasteiger partial charge in [0.15, 0.2) is 17.4 Å². The number of esters is 1. The first kappa shape index (κ1) is 32.7. The van der Waals surface area contributed by atoms with E-state index in [1.54, 1.807) is 43.5 Å².